The summed E-state index contributed by atoms with van der Waals surface area (Å²) in [7, 11) is 0. The molecule has 3 heteroatoms. The van der Waals surface area contributed by atoms with Gasteiger partial charge in [-0.05, 0) is 13.0 Å². The van der Waals surface area contributed by atoms with Crippen LogP contribution < -0.4 is 0 Å². The smallest absolute Gasteiger partial charge is 0.293 e. The molecule has 0 bridgehead atoms. The summed E-state index contributed by atoms with van der Waals surface area (Å²) in [5, 5.41) is 1.10. The molecule has 3 nitrogen and oxygen atoms in total. The first-order valence-corrected chi connectivity index (χ1v) is 4.48. The summed E-state index contributed by atoms with van der Waals surface area (Å²) in [5.41, 5.74) is 2.07. The van der Waals surface area contributed by atoms with Crippen molar-refractivity contribution in [2.24, 2.45) is 0 Å². The van der Waals surface area contributed by atoms with Gasteiger partial charge in [-0.2, -0.15) is 0 Å². The number of H-pyrrole nitrogens is 1. The fraction of sp³-hybridized carbons (Fsp3) is 0.182. The third-order valence-corrected chi connectivity index (χ3v) is 2.32. The Bertz CT molecular complexity index is 447. The van der Waals surface area contributed by atoms with E-state index in [2.05, 4.69) is 4.98 Å². The number of aromatic nitrogens is 1. The van der Waals surface area contributed by atoms with Crippen molar-refractivity contribution in [2.75, 3.05) is 0 Å². The molecule has 2 aromatic rings. The second-order valence-corrected chi connectivity index (χ2v) is 3.16. The SMILES string of the molecule is CC(OC=O)c1c[nH]c2ccccc12. The average Bonchev–Trinajstić information content (AvgIpc) is 2.61. The molecule has 0 spiro atoms. The summed E-state index contributed by atoms with van der Waals surface area (Å²) >= 11 is 0. The van der Waals surface area contributed by atoms with Gasteiger partial charge in [-0.3, -0.25) is 4.79 Å². The van der Waals surface area contributed by atoms with E-state index in [1.807, 2.05) is 37.4 Å². The van der Waals surface area contributed by atoms with Crippen molar-refractivity contribution >= 4 is 17.4 Å². The summed E-state index contributed by atoms with van der Waals surface area (Å²) in [6, 6.07) is 7.93. The third kappa shape index (κ3) is 1.37. The van der Waals surface area contributed by atoms with E-state index in [1.165, 1.54) is 0 Å². The van der Waals surface area contributed by atoms with Gasteiger partial charge in [0.2, 0.25) is 0 Å². The number of aromatic amines is 1. The highest BCUT2D eigenvalue weighted by atomic mass is 16.5. The number of fused-ring (bicyclic) bond motifs is 1. The van der Waals surface area contributed by atoms with Gasteiger partial charge >= 0.3 is 0 Å². The first-order chi connectivity index (χ1) is 6.83. The number of hydrogen-bond acceptors (Lipinski definition) is 2. The molecular formula is C11H11NO2. The predicted molar refractivity (Wildman–Crippen MR) is 53.9 cm³/mol. The maximum absolute atomic E-state index is 10.2. The third-order valence-electron chi connectivity index (χ3n) is 2.32. The highest BCUT2D eigenvalue weighted by molar-refractivity contribution is 5.83. The van der Waals surface area contributed by atoms with Crippen LogP contribution in [-0.4, -0.2) is 11.5 Å². The molecule has 1 unspecified atom stereocenters. The van der Waals surface area contributed by atoms with Crippen molar-refractivity contribution in [2.45, 2.75) is 13.0 Å². The highest BCUT2D eigenvalue weighted by Crippen LogP contribution is 2.25. The Balaban J connectivity index is 2.47. The number of rotatable bonds is 3. The van der Waals surface area contributed by atoms with E-state index in [0.717, 1.165) is 16.5 Å². The number of carbonyl (C=O) groups excluding carboxylic acids is 1. The van der Waals surface area contributed by atoms with E-state index in [-0.39, 0.29) is 6.10 Å². The lowest BCUT2D eigenvalue weighted by Gasteiger charge is -2.07. The molecule has 72 valence electrons. The Morgan fingerprint density at radius 2 is 2.21 bits per heavy atom. The quantitative estimate of drug-likeness (QED) is 0.753. The predicted octanol–water partition coefficient (Wildman–Crippen LogP) is 2.40. The number of nitrogens with one attached hydrogen (secondary N) is 1. The standard InChI is InChI=1S/C11H11NO2/c1-8(14-7-13)10-6-12-11-5-3-2-4-9(10)11/h2-8,12H,1H3. The summed E-state index contributed by atoms with van der Waals surface area (Å²) in [6.45, 7) is 2.33. The largest absolute Gasteiger partial charge is 0.460 e. The topological polar surface area (TPSA) is 42.1 Å². The molecule has 0 saturated carbocycles. The maximum Gasteiger partial charge on any atom is 0.293 e. The number of ether oxygens (including phenoxy) is 1. The van der Waals surface area contributed by atoms with Crippen LogP contribution in [0.15, 0.2) is 30.5 Å². The van der Waals surface area contributed by atoms with Crippen molar-refractivity contribution in [3.8, 4) is 0 Å². The van der Waals surface area contributed by atoms with Gasteiger partial charge in [-0.1, -0.05) is 18.2 Å². The molecule has 1 aromatic heterocycles. The van der Waals surface area contributed by atoms with Crippen molar-refractivity contribution in [3.05, 3.63) is 36.0 Å². The van der Waals surface area contributed by atoms with Crippen LogP contribution in [0, 0.1) is 0 Å². The Labute approximate surface area is 81.7 Å². The number of benzene rings is 1. The van der Waals surface area contributed by atoms with Crippen molar-refractivity contribution < 1.29 is 9.53 Å². The lowest BCUT2D eigenvalue weighted by Crippen LogP contribution is -1.96. The molecule has 0 aliphatic heterocycles. The monoisotopic (exact) mass is 189 g/mol. The van der Waals surface area contributed by atoms with Crippen molar-refractivity contribution in [3.63, 3.8) is 0 Å². The van der Waals surface area contributed by atoms with Gasteiger partial charge in [0.25, 0.3) is 6.47 Å². The van der Waals surface area contributed by atoms with E-state index < -0.39 is 0 Å². The molecule has 0 radical (unpaired) electrons. The van der Waals surface area contributed by atoms with Crippen molar-refractivity contribution in [1.29, 1.82) is 0 Å². The molecule has 0 aliphatic rings. The lowest BCUT2D eigenvalue weighted by molar-refractivity contribution is -0.133. The molecule has 0 aliphatic carbocycles. The van der Waals surface area contributed by atoms with Gasteiger partial charge in [0.05, 0.1) is 0 Å². The van der Waals surface area contributed by atoms with Crippen LogP contribution >= 0.6 is 0 Å². The van der Waals surface area contributed by atoms with Gasteiger partial charge < -0.3 is 9.72 Å². The summed E-state index contributed by atoms with van der Waals surface area (Å²) < 4.78 is 4.89. The fourth-order valence-electron chi connectivity index (χ4n) is 1.59. The van der Waals surface area contributed by atoms with E-state index in [4.69, 9.17) is 4.74 Å². The van der Waals surface area contributed by atoms with Crippen LogP contribution in [0.4, 0.5) is 0 Å². The summed E-state index contributed by atoms with van der Waals surface area (Å²) in [5.74, 6) is 0. The first kappa shape index (κ1) is 8.81. The molecule has 0 amide bonds. The molecule has 0 saturated heterocycles. The molecule has 2 rings (SSSR count). The minimum Gasteiger partial charge on any atom is -0.460 e. The fourth-order valence-corrected chi connectivity index (χ4v) is 1.59. The Morgan fingerprint density at radius 1 is 1.43 bits per heavy atom. The zero-order valence-electron chi connectivity index (χ0n) is 7.86. The minimum atomic E-state index is -0.205. The second kappa shape index (κ2) is 3.54. The van der Waals surface area contributed by atoms with Gasteiger partial charge in [0, 0.05) is 22.7 Å². The molecule has 1 N–H and O–H groups in total. The van der Waals surface area contributed by atoms with Crippen LogP contribution in [0.5, 0.6) is 0 Å². The zero-order valence-corrected chi connectivity index (χ0v) is 7.86. The van der Waals surface area contributed by atoms with Gasteiger partial charge in [-0.25, -0.2) is 0 Å². The Hall–Kier alpha value is -1.77. The van der Waals surface area contributed by atoms with E-state index in [9.17, 15) is 4.79 Å². The normalized spacial score (nSPS) is 12.6. The van der Waals surface area contributed by atoms with Crippen LogP contribution in [-0.2, 0) is 9.53 Å². The number of para-hydroxylation sites is 1. The minimum absolute atomic E-state index is 0.205. The summed E-state index contributed by atoms with van der Waals surface area (Å²) in [4.78, 5) is 13.3. The van der Waals surface area contributed by atoms with Crippen molar-refractivity contribution in [1.82, 2.24) is 4.98 Å². The molecule has 14 heavy (non-hydrogen) atoms. The van der Waals surface area contributed by atoms with Crippen LogP contribution in [0.25, 0.3) is 10.9 Å². The van der Waals surface area contributed by atoms with Gasteiger partial charge in [0.1, 0.15) is 6.10 Å². The van der Waals surface area contributed by atoms with E-state index in [1.54, 1.807) is 0 Å². The molecule has 1 heterocycles. The maximum atomic E-state index is 10.2. The molecule has 1 atom stereocenters. The molecule has 1 aromatic carbocycles. The van der Waals surface area contributed by atoms with E-state index >= 15 is 0 Å². The second-order valence-electron chi connectivity index (χ2n) is 3.16. The number of carbonyl (C=O) groups is 1. The zero-order chi connectivity index (χ0) is 9.97. The Kier molecular flexibility index (Phi) is 2.23. The number of hydrogen-bond donors (Lipinski definition) is 1. The first-order valence-electron chi connectivity index (χ1n) is 4.48. The van der Waals surface area contributed by atoms with E-state index in [0.29, 0.717) is 6.47 Å². The average molecular weight is 189 g/mol. The molecular weight excluding hydrogens is 178 g/mol. The Morgan fingerprint density at radius 3 is 3.00 bits per heavy atom. The summed E-state index contributed by atoms with van der Waals surface area (Å²) in [6.07, 6.45) is 1.67. The highest BCUT2D eigenvalue weighted by Gasteiger charge is 2.10. The molecule has 0 fully saturated rings. The van der Waals surface area contributed by atoms with Crippen LogP contribution in [0.3, 0.4) is 0 Å². The van der Waals surface area contributed by atoms with Crippen LogP contribution in [0.1, 0.15) is 18.6 Å². The van der Waals surface area contributed by atoms with Gasteiger partial charge in [0.15, 0.2) is 0 Å². The van der Waals surface area contributed by atoms with Crippen LogP contribution in [0.2, 0.25) is 0 Å². The van der Waals surface area contributed by atoms with Gasteiger partial charge in [-0.15, -0.1) is 0 Å². The lowest BCUT2D eigenvalue weighted by atomic mass is 10.1.